The zero-order chi connectivity index (χ0) is 26.0. The van der Waals surface area contributed by atoms with Crippen molar-refractivity contribution in [2.45, 2.75) is 13.0 Å². The van der Waals surface area contributed by atoms with Crippen molar-refractivity contribution in [1.82, 2.24) is 5.43 Å². The molecule has 0 radical (unpaired) electrons. The van der Waals surface area contributed by atoms with Crippen molar-refractivity contribution in [2.75, 3.05) is 7.11 Å². The Morgan fingerprint density at radius 1 is 0.811 bits per heavy atom. The SMILES string of the molecule is COc1cc(/C=N\NC(=O)[C@@H](C)Oc2ccc(-c3ccccc3)cc2)ccc1OC(=O)c1ccccc1. The van der Waals surface area contributed by atoms with Crippen molar-refractivity contribution in [2.24, 2.45) is 5.10 Å². The number of carbonyl (C=O) groups excluding carboxylic acids is 2. The Morgan fingerprint density at radius 2 is 1.46 bits per heavy atom. The van der Waals surface area contributed by atoms with E-state index in [-0.39, 0.29) is 5.75 Å². The predicted molar refractivity (Wildman–Crippen MR) is 142 cm³/mol. The second-order valence-corrected chi connectivity index (χ2v) is 8.05. The quantitative estimate of drug-likeness (QED) is 0.144. The zero-order valence-electron chi connectivity index (χ0n) is 20.5. The Balaban J connectivity index is 1.31. The molecule has 7 heteroatoms. The summed E-state index contributed by atoms with van der Waals surface area (Å²) in [5.41, 5.74) is 5.71. The van der Waals surface area contributed by atoms with Crippen LogP contribution < -0.4 is 19.6 Å². The fraction of sp³-hybridized carbons (Fsp3) is 0.100. The minimum Gasteiger partial charge on any atom is -0.493 e. The maximum atomic E-state index is 12.4. The molecular weight excluding hydrogens is 468 g/mol. The summed E-state index contributed by atoms with van der Waals surface area (Å²) in [6.45, 7) is 1.65. The van der Waals surface area contributed by atoms with E-state index in [4.69, 9.17) is 14.2 Å². The van der Waals surface area contributed by atoms with Gasteiger partial charge in [0.2, 0.25) is 0 Å². The van der Waals surface area contributed by atoms with E-state index in [0.717, 1.165) is 11.1 Å². The molecule has 7 nitrogen and oxygen atoms in total. The monoisotopic (exact) mass is 494 g/mol. The van der Waals surface area contributed by atoms with Crippen molar-refractivity contribution in [3.63, 3.8) is 0 Å². The third-order valence-corrected chi connectivity index (χ3v) is 5.43. The Hall–Kier alpha value is -4.91. The van der Waals surface area contributed by atoms with Crippen molar-refractivity contribution >= 4 is 18.1 Å². The van der Waals surface area contributed by atoms with Crippen LogP contribution in [0.4, 0.5) is 0 Å². The summed E-state index contributed by atoms with van der Waals surface area (Å²) in [4.78, 5) is 24.8. The van der Waals surface area contributed by atoms with Crippen LogP contribution in [0, 0.1) is 0 Å². The third kappa shape index (κ3) is 6.82. The van der Waals surface area contributed by atoms with Crippen molar-refractivity contribution < 1.29 is 23.8 Å². The van der Waals surface area contributed by atoms with E-state index in [1.807, 2.05) is 60.7 Å². The second kappa shape index (κ2) is 12.2. The molecule has 1 N–H and O–H groups in total. The highest BCUT2D eigenvalue weighted by atomic mass is 16.6. The van der Waals surface area contributed by atoms with Crippen LogP contribution in [0.2, 0.25) is 0 Å². The minimum atomic E-state index is -0.756. The van der Waals surface area contributed by atoms with Gasteiger partial charge in [0, 0.05) is 0 Å². The molecule has 0 aliphatic carbocycles. The first-order valence-corrected chi connectivity index (χ1v) is 11.6. The van der Waals surface area contributed by atoms with Crippen LogP contribution in [0.15, 0.2) is 108 Å². The standard InChI is InChI=1S/C30H26N2O5/c1-21(36-26-16-14-24(15-17-26)23-9-5-3-6-10-23)29(33)32-31-20-22-13-18-27(28(19-22)35-2)37-30(34)25-11-7-4-8-12-25/h3-21H,1-2H3,(H,32,33)/b31-20-/t21-/m1/s1. The fourth-order valence-corrected chi connectivity index (χ4v) is 3.46. The minimum absolute atomic E-state index is 0.276. The second-order valence-electron chi connectivity index (χ2n) is 8.05. The van der Waals surface area contributed by atoms with Crippen LogP contribution in [-0.4, -0.2) is 31.3 Å². The van der Waals surface area contributed by atoms with Crippen molar-refractivity contribution in [1.29, 1.82) is 0 Å². The van der Waals surface area contributed by atoms with Gasteiger partial charge in [-0.3, -0.25) is 4.79 Å². The summed E-state index contributed by atoms with van der Waals surface area (Å²) in [5.74, 6) is 0.324. The number of methoxy groups -OCH3 is 1. The summed E-state index contributed by atoms with van der Waals surface area (Å²) in [6.07, 6.45) is 0.707. The van der Waals surface area contributed by atoms with Gasteiger partial charge in [0.1, 0.15) is 5.75 Å². The molecule has 0 aliphatic rings. The smallest absolute Gasteiger partial charge is 0.343 e. The van der Waals surface area contributed by atoms with Crippen LogP contribution in [-0.2, 0) is 4.79 Å². The van der Waals surface area contributed by atoms with Gasteiger partial charge in [-0.2, -0.15) is 5.10 Å². The molecule has 1 atom stereocenters. The number of amides is 1. The Kier molecular flexibility index (Phi) is 8.29. The molecule has 4 aromatic rings. The van der Waals surface area contributed by atoms with Gasteiger partial charge < -0.3 is 14.2 Å². The molecule has 0 fully saturated rings. The molecule has 0 heterocycles. The number of hydrogen-bond acceptors (Lipinski definition) is 6. The summed E-state index contributed by atoms with van der Waals surface area (Å²) < 4.78 is 16.5. The normalized spacial score (nSPS) is 11.5. The number of hydrogen-bond donors (Lipinski definition) is 1. The van der Waals surface area contributed by atoms with Crippen LogP contribution in [0.1, 0.15) is 22.8 Å². The highest BCUT2D eigenvalue weighted by Gasteiger charge is 2.15. The van der Waals surface area contributed by atoms with Crippen LogP contribution in [0.5, 0.6) is 17.2 Å². The van der Waals surface area contributed by atoms with E-state index in [2.05, 4.69) is 10.5 Å². The molecule has 0 unspecified atom stereocenters. The molecule has 0 spiro atoms. The van der Waals surface area contributed by atoms with Crippen LogP contribution in [0.3, 0.4) is 0 Å². The first-order chi connectivity index (χ1) is 18.0. The van der Waals surface area contributed by atoms with Gasteiger partial charge in [0.15, 0.2) is 17.6 Å². The summed E-state index contributed by atoms with van der Waals surface area (Å²) in [6, 6.07) is 31.2. The maximum absolute atomic E-state index is 12.4. The number of hydrazone groups is 1. The number of nitrogens with zero attached hydrogens (tertiary/aromatic N) is 1. The first-order valence-electron chi connectivity index (χ1n) is 11.6. The lowest BCUT2D eigenvalue weighted by Crippen LogP contribution is -2.33. The van der Waals surface area contributed by atoms with E-state index in [0.29, 0.717) is 22.6 Å². The van der Waals surface area contributed by atoms with E-state index in [1.165, 1.54) is 13.3 Å². The maximum Gasteiger partial charge on any atom is 0.343 e. The largest absolute Gasteiger partial charge is 0.493 e. The summed E-state index contributed by atoms with van der Waals surface area (Å²) in [5, 5.41) is 4.00. The molecule has 4 rings (SSSR count). The average Bonchev–Trinajstić information content (AvgIpc) is 2.95. The number of rotatable bonds is 9. The molecule has 0 bridgehead atoms. The Morgan fingerprint density at radius 3 is 2.14 bits per heavy atom. The van der Waals surface area contributed by atoms with Gasteiger partial charge >= 0.3 is 5.97 Å². The van der Waals surface area contributed by atoms with E-state index >= 15 is 0 Å². The van der Waals surface area contributed by atoms with Gasteiger partial charge in [-0.15, -0.1) is 0 Å². The number of esters is 1. The number of carbonyl (C=O) groups is 2. The molecule has 0 aliphatic heterocycles. The molecular formula is C30H26N2O5. The molecule has 1 amide bonds. The number of ether oxygens (including phenoxy) is 3. The highest BCUT2D eigenvalue weighted by molar-refractivity contribution is 5.91. The lowest BCUT2D eigenvalue weighted by molar-refractivity contribution is -0.127. The Labute approximate surface area is 215 Å². The van der Waals surface area contributed by atoms with Crippen molar-refractivity contribution in [3.05, 3.63) is 114 Å². The zero-order valence-corrected chi connectivity index (χ0v) is 20.5. The van der Waals surface area contributed by atoms with E-state index in [1.54, 1.807) is 49.4 Å². The van der Waals surface area contributed by atoms with E-state index < -0.39 is 18.0 Å². The van der Waals surface area contributed by atoms with Gasteiger partial charge in [-0.1, -0.05) is 60.7 Å². The van der Waals surface area contributed by atoms with Gasteiger partial charge in [-0.05, 0) is 66.1 Å². The lowest BCUT2D eigenvalue weighted by atomic mass is 10.1. The highest BCUT2D eigenvalue weighted by Crippen LogP contribution is 2.28. The Bertz CT molecular complexity index is 1370. The van der Waals surface area contributed by atoms with Gasteiger partial charge in [-0.25, -0.2) is 10.2 Å². The fourth-order valence-electron chi connectivity index (χ4n) is 3.46. The third-order valence-electron chi connectivity index (χ3n) is 5.43. The molecule has 0 saturated carbocycles. The molecule has 0 aromatic heterocycles. The topological polar surface area (TPSA) is 86.2 Å². The van der Waals surface area contributed by atoms with E-state index in [9.17, 15) is 9.59 Å². The number of benzene rings is 4. The van der Waals surface area contributed by atoms with Gasteiger partial charge in [0.25, 0.3) is 5.91 Å². The lowest BCUT2D eigenvalue weighted by Gasteiger charge is -2.13. The van der Waals surface area contributed by atoms with Gasteiger partial charge in [0.05, 0.1) is 18.9 Å². The molecule has 4 aromatic carbocycles. The van der Waals surface area contributed by atoms with Crippen molar-refractivity contribution in [3.8, 4) is 28.4 Å². The average molecular weight is 495 g/mol. The van der Waals surface area contributed by atoms with Crippen LogP contribution >= 0.6 is 0 Å². The first kappa shape index (κ1) is 25.2. The molecule has 37 heavy (non-hydrogen) atoms. The number of nitrogens with one attached hydrogen (secondary N) is 1. The summed E-state index contributed by atoms with van der Waals surface area (Å²) >= 11 is 0. The predicted octanol–water partition coefficient (Wildman–Crippen LogP) is 5.50. The summed E-state index contributed by atoms with van der Waals surface area (Å²) in [7, 11) is 1.48. The van der Waals surface area contributed by atoms with Crippen LogP contribution in [0.25, 0.3) is 11.1 Å². The molecule has 186 valence electrons. The molecule has 0 saturated heterocycles.